The number of esters is 6. The van der Waals surface area contributed by atoms with Crippen molar-refractivity contribution in [2.24, 2.45) is 5.41 Å². The van der Waals surface area contributed by atoms with Crippen molar-refractivity contribution >= 4 is 52.9 Å². The molecule has 0 radical (unpaired) electrons. The highest BCUT2D eigenvalue weighted by Crippen LogP contribution is 2.24. The Morgan fingerprint density at radius 3 is 0.930 bits per heavy atom. The largest absolute Gasteiger partial charge is 0.463 e. The molecule has 0 unspecified atom stereocenters. The van der Waals surface area contributed by atoms with Crippen molar-refractivity contribution < 1.29 is 71.4 Å². The quantitative estimate of drug-likeness (QED) is 0.0481. The second-order valence-electron chi connectivity index (χ2n) is 12.3. The first kappa shape index (κ1) is 45.2. The number of hydrogen-bond acceptors (Lipinski definition) is 18. The van der Waals surface area contributed by atoms with Gasteiger partial charge in [0.15, 0.2) is 0 Å². The molecule has 0 aromatic heterocycles. The van der Waals surface area contributed by atoms with Crippen LogP contribution in [0.2, 0.25) is 0 Å². The van der Waals surface area contributed by atoms with E-state index in [4.69, 9.17) is 59.8 Å². The highest BCUT2D eigenvalue weighted by molar-refractivity contribution is 5.90. The van der Waals surface area contributed by atoms with Crippen LogP contribution >= 0.6 is 0 Å². The van der Waals surface area contributed by atoms with Crippen LogP contribution in [0.3, 0.4) is 0 Å². The van der Waals surface area contributed by atoms with Gasteiger partial charge < -0.3 is 59.8 Å². The summed E-state index contributed by atoms with van der Waals surface area (Å²) in [5.74, 6) is -4.14. The van der Waals surface area contributed by atoms with Crippen molar-refractivity contribution in [2.75, 3.05) is 96.5 Å². The highest BCUT2D eigenvalue weighted by atomic mass is 16.6. The van der Waals surface area contributed by atoms with E-state index in [1.807, 2.05) is 0 Å². The van der Waals surface area contributed by atoms with Gasteiger partial charge in [-0.15, -0.1) is 0 Å². The molecule has 0 spiro atoms. The van der Waals surface area contributed by atoms with Crippen molar-refractivity contribution in [3.8, 4) is 0 Å². The molecule has 0 fully saturated rings. The molecule has 0 bridgehead atoms. The Bertz CT molecular complexity index is 1550. The summed E-state index contributed by atoms with van der Waals surface area (Å²) in [6, 6.07) is 18.4. The lowest BCUT2D eigenvalue weighted by atomic mass is 9.88. The maximum absolute atomic E-state index is 12.5. The van der Waals surface area contributed by atoms with Gasteiger partial charge in [0, 0.05) is 17.1 Å². The molecule has 3 rings (SSSR count). The molecule has 18 nitrogen and oxygen atoms in total. The minimum atomic E-state index is -1.20. The third-order valence-electron chi connectivity index (χ3n) is 7.85. The van der Waals surface area contributed by atoms with Gasteiger partial charge in [0.2, 0.25) is 0 Å². The summed E-state index contributed by atoms with van der Waals surface area (Å²) in [6.45, 7) is -1.54. The van der Waals surface area contributed by atoms with Crippen molar-refractivity contribution in [1.29, 1.82) is 0 Å². The number of benzene rings is 3. The Kier molecular flexibility index (Phi) is 19.3. The topological polar surface area (TPSA) is 264 Å². The number of hydrogen-bond donors (Lipinski definition) is 3. The summed E-state index contributed by atoms with van der Waals surface area (Å²) in [5.41, 5.74) is 18.0. The van der Waals surface area contributed by atoms with Crippen LogP contribution in [0.1, 0.15) is 44.4 Å². The van der Waals surface area contributed by atoms with E-state index >= 15 is 0 Å². The SMILES string of the molecule is CCC(COC(=O)COCCOC(=O)c1ccc(N)cc1)(COC(=O)COCCOC(=O)c1ccc(N)cc1)COC(=O)COCCOC(=O)c1ccc(N)cc1. The van der Waals surface area contributed by atoms with Gasteiger partial charge in [0.25, 0.3) is 0 Å². The number of nitrogen functional groups attached to an aromatic ring is 3. The Hall–Kier alpha value is -6.24. The molecule has 0 saturated heterocycles. The van der Waals surface area contributed by atoms with Gasteiger partial charge in [-0.1, -0.05) is 6.92 Å². The summed E-state index contributed by atoms with van der Waals surface area (Å²) in [5, 5.41) is 0. The molecular formula is C39H47N3O15. The van der Waals surface area contributed by atoms with Crippen LogP contribution in [0.15, 0.2) is 72.8 Å². The summed E-state index contributed by atoms with van der Waals surface area (Å²) >= 11 is 0. The second-order valence-corrected chi connectivity index (χ2v) is 12.3. The van der Waals surface area contributed by atoms with E-state index in [9.17, 15) is 28.8 Å². The van der Waals surface area contributed by atoms with Crippen molar-refractivity contribution in [3.05, 3.63) is 89.5 Å². The van der Waals surface area contributed by atoms with Crippen LogP contribution in [0.5, 0.6) is 0 Å². The smallest absolute Gasteiger partial charge is 0.338 e. The Balaban J connectivity index is 1.43. The lowest BCUT2D eigenvalue weighted by Gasteiger charge is -2.31. The number of rotatable bonds is 25. The molecule has 3 aromatic rings. The Morgan fingerprint density at radius 2 is 0.684 bits per heavy atom. The molecule has 57 heavy (non-hydrogen) atoms. The van der Waals surface area contributed by atoms with Crippen molar-refractivity contribution in [3.63, 3.8) is 0 Å². The molecule has 3 aromatic carbocycles. The second kappa shape index (κ2) is 24.3. The van der Waals surface area contributed by atoms with Gasteiger partial charge in [-0.2, -0.15) is 0 Å². The first-order valence-electron chi connectivity index (χ1n) is 17.7. The van der Waals surface area contributed by atoms with Gasteiger partial charge in [0.1, 0.15) is 59.5 Å². The number of ether oxygens (including phenoxy) is 9. The zero-order valence-electron chi connectivity index (χ0n) is 31.5. The molecule has 308 valence electrons. The fourth-order valence-electron chi connectivity index (χ4n) is 4.41. The monoisotopic (exact) mass is 797 g/mol. The maximum atomic E-state index is 12.5. The van der Waals surface area contributed by atoms with Crippen LogP contribution in [0.25, 0.3) is 0 Å². The molecule has 18 heteroatoms. The predicted molar refractivity (Wildman–Crippen MR) is 201 cm³/mol. The third-order valence-corrected chi connectivity index (χ3v) is 7.85. The standard InChI is InChI=1S/C39H47N3O15/c1-2-39(24-55-33(43)21-49-15-18-52-36(46)27-3-9-30(40)10-4-27,25-56-34(44)22-50-16-19-53-37(47)28-5-11-31(41)12-6-28)26-57-35(45)23-51-17-20-54-38(48)29-7-13-32(42)14-8-29/h3-14H,2,15-26,40-42H2,1H3. The zero-order valence-corrected chi connectivity index (χ0v) is 31.5. The number of anilines is 3. The summed E-state index contributed by atoms with van der Waals surface area (Å²) in [6.07, 6.45) is 0.215. The summed E-state index contributed by atoms with van der Waals surface area (Å²) < 4.78 is 47.3. The fourth-order valence-corrected chi connectivity index (χ4v) is 4.41. The van der Waals surface area contributed by atoms with E-state index in [-0.39, 0.29) is 65.9 Å². The molecule has 0 saturated carbocycles. The normalized spacial score (nSPS) is 10.9. The minimum absolute atomic E-state index is 0.106. The van der Waals surface area contributed by atoms with Crippen LogP contribution in [0, 0.1) is 5.41 Å². The first-order valence-corrected chi connectivity index (χ1v) is 17.7. The maximum Gasteiger partial charge on any atom is 0.338 e. The molecule has 0 amide bonds. The summed E-state index contributed by atoms with van der Waals surface area (Å²) in [7, 11) is 0. The Morgan fingerprint density at radius 1 is 0.421 bits per heavy atom. The van der Waals surface area contributed by atoms with Gasteiger partial charge in [-0.25, -0.2) is 28.8 Å². The molecular weight excluding hydrogens is 750 g/mol. The molecule has 0 aliphatic heterocycles. The highest BCUT2D eigenvalue weighted by Gasteiger charge is 2.34. The van der Waals surface area contributed by atoms with E-state index in [1.54, 1.807) is 43.3 Å². The Labute approximate surface area is 328 Å². The van der Waals surface area contributed by atoms with Gasteiger partial charge in [0.05, 0.1) is 41.9 Å². The molecule has 0 heterocycles. The summed E-state index contributed by atoms with van der Waals surface area (Å²) in [4.78, 5) is 74.0. The van der Waals surface area contributed by atoms with Crippen LogP contribution in [0.4, 0.5) is 17.1 Å². The van der Waals surface area contributed by atoms with Crippen LogP contribution in [-0.4, -0.2) is 115 Å². The third kappa shape index (κ3) is 17.4. The average molecular weight is 798 g/mol. The predicted octanol–water partition coefficient (Wildman–Crippen LogP) is 2.38. The zero-order chi connectivity index (χ0) is 41.5. The van der Waals surface area contributed by atoms with Gasteiger partial charge in [-0.3, -0.25) is 0 Å². The number of carbonyl (C=O) groups is 6. The average Bonchev–Trinajstić information content (AvgIpc) is 3.20. The minimum Gasteiger partial charge on any atom is -0.463 e. The molecule has 0 aliphatic rings. The fraction of sp³-hybridized carbons (Fsp3) is 0.385. The van der Waals surface area contributed by atoms with Crippen LogP contribution in [-0.2, 0) is 57.0 Å². The van der Waals surface area contributed by atoms with Gasteiger partial charge >= 0.3 is 35.8 Å². The molecule has 6 N–H and O–H groups in total. The van der Waals surface area contributed by atoms with Crippen molar-refractivity contribution in [1.82, 2.24) is 0 Å². The van der Waals surface area contributed by atoms with Gasteiger partial charge in [-0.05, 0) is 79.2 Å². The van der Waals surface area contributed by atoms with E-state index in [1.165, 1.54) is 36.4 Å². The number of carbonyl (C=O) groups excluding carboxylic acids is 6. The van der Waals surface area contributed by atoms with E-state index < -0.39 is 61.1 Å². The van der Waals surface area contributed by atoms with Crippen LogP contribution < -0.4 is 17.2 Å². The molecule has 0 aliphatic carbocycles. The van der Waals surface area contributed by atoms with Crippen molar-refractivity contribution in [2.45, 2.75) is 13.3 Å². The first-order chi connectivity index (χ1) is 27.4. The van der Waals surface area contributed by atoms with E-state index in [0.29, 0.717) is 33.8 Å². The number of nitrogens with two attached hydrogens (primary N) is 3. The lowest BCUT2D eigenvalue weighted by molar-refractivity contribution is -0.168. The van der Waals surface area contributed by atoms with E-state index in [0.717, 1.165) is 0 Å². The lowest BCUT2D eigenvalue weighted by Crippen LogP contribution is -2.40. The van der Waals surface area contributed by atoms with E-state index in [2.05, 4.69) is 0 Å². The molecule has 0 atom stereocenters.